The second kappa shape index (κ2) is 6.13. The van der Waals surface area contributed by atoms with E-state index in [2.05, 4.69) is 13.8 Å². The Hall–Kier alpha value is -2.20. The van der Waals surface area contributed by atoms with Gasteiger partial charge in [-0.05, 0) is 35.4 Å². The van der Waals surface area contributed by atoms with Crippen LogP contribution in [0.4, 0.5) is 0 Å². The van der Waals surface area contributed by atoms with Crippen molar-refractivity contribution >= 4 is 0 Å². The van der Waals surface area contributed by atoms with Crippen LogP contribution in [0.5, 0.6) is 17.2 Å². The molecule has 1 heterocycles. The third-order valence-corrected chi connectivity index (χ3v) is 3.93. The summed E-state index contributed by atoms with van der Waals surface area (Å²) in [5.74, 6) is 2.12. The number of methoxy groups -OCH3 is 1. The largest absolute Gasteiger partial charge is 0.497 e. The third kappa shape index (κ3) is 3.42. The second-order valence-electron chi connectivity index (χ2n) is 6.63. The summed E-state index contributed by atoms with van der Waals surface area (Å²) >= 11 is 0. The van der Waals surface area contributed by atoms with Crippen molar-refractivity contribution in [3.8, 4) is 17.2 Å². The molecule has 1 N–H and O–H groups in total. The first-order valence-electron chi connectivity index (χ1n) is 7.70. The molecule has 0 saturated carbocycles. The van der Waals surface area contributed by atoms with Gasteiger partial charge < -0.3 is 19.3 Å². The lowest BCUT2D eigenvalue weighted by Crippen LogP contribution is -2.26. The summed E-state index contributed by atoms with van der Waals surface area (Å²) < 4.78 is 16.9. The smallest absolute Gasteiger partial charge is 0.161 e. The Labute approximate surface area is 136 Å². The summed E-state index contributed by atoms with van der Waals surface area (Å²) in [5, 5.41) is 10.6. The molecule has 4 heteroatoms. The zero-order valence-corrected chi connectivity index (χ0v) is 13.7. The van der Waals surface area contributed by atoms with E-state index in [1.165, 1.54) is 0 Å². The van der Waals surface area contributed by atoms with Crippen molar-refractivity contribution in [2.24, 2.45) is 5.41 Å². The van der Waals surface area contributed by atoms with Crippen LogP contribution < -0.4 is 14.2 Å². The first-order valence-corrected chi connectivity index (χ1v) is 7.70. The van der Waals surface area contributed by atoms with Crippen LogP contribution in [0.3, 0.4) is 0 Å². The van der Waals surface area contributed by atoms with Gasteiger partial charge in [0.2, 0.25) is 0 Å². The fraction of sp³-hybridized carbons (Fsp3) is 0.368. The minimum Gasteiger partial charge on any atom is -0.497 e. The molecule has 0 fully saturated rings. The van der Waals surface area contributed by atoms with E-state index in [1.807, 2.05) is 42.5 Å². The number of aliphatic hydroxyl groups is 1. The van der Waals surface area contributed by atoms with Crippen molar-refractivity contribution in [3.63, 3.8) is 0 Å². The van der Waals surface area contributed by atoms with Crippen LogP contribution in [0, 0.1) is 5.41 Å². The standard InChI is InChI=1S/C19H22O4/c1-19(2)11-22-16-8-7-14(10-17(16)23-12-19)18(20)13-5-4-6-15(9-13)21-3/h4-10,18,20H,11-12H2,1-3H3/t18-/m1/s1. The molecule has 1 aliphatic rings. The van der Waals surface area contributed by atoms with Gasteiger partial charge in [-0.15, -0.1) is 0 Å². The van der Waals surface area contributed by atoms with Crippen molar-refractivity contribution in [2.45, 2.75) is 20.0 Å². The summed E-state index contributed by atoms with van der Waals surface area (Å²) in [5.41, 5.74) is 1.50. The molecule has 0 aromatic heterocycles. The highest BCUT2D eigenvalue weighted by atomic mass is 16.5. The number of aliphatic hydroxyl groups excluding tert-OH is 1. The molecule has 4 nitrogen and oxygen atoms in total. The molecule has 122 valence electrons. The first-order chi connectivity index (χ1) is 11.0. The van der Waals surface area contributed by atoms with Gasteiger partial charge in [0, 0.05) is 5.41 Å². The highest BCUT2D eigenvalue weighted by Crippen LogP contribution is 2.37. The van der Waals surface area contributed by atoms with Gasteiger partial charge in [-0.3, -0.25) is 0 Å². The lowest BCUT2D eigenvalue weighted by molar-refractivity contribution is 0.140. The van der Waals surface area contributed by atoms with Crippen LogP contribution in [0.25, 0.3) is 0 Å². The lowest BCUT2D eigenvalue weighted by Gasteiger charge is -2.19. The highest BCUT2D eigenvalue weighted by Gasteiger charge is 2.26. The average molecular weight is 314 g/mol. The fourth-order valence-electron chi connectivity index (χ4n) is 2.52. The van der Waals surface area contributed by atoms with Gasteiger partial charge in [0.1, 0.15) is 11.9 Å². The molecular formula is C19H22O4. The van der Waals surface area contributed by atoms with Crippen LogP contribution >= 0.6 is 0 Å². The van der Waals surface area contributed by atoms with Gasteiger partial charge in [-0.25, -0.2) is 0 Å². The van der Waals surface area contributed by atoms with Crippen LogP contribution in [-0.2, 0) is 0 Å². The summed E-state index contributed by atoms with van der Waals surface area (Å²) in [6.45, 7) is 5.40. The Morgan fingerprint density at radius 1 is 1.00 bits per heavy atom. The average Bonchev–Trinajstić information content (AvgIpc) is 2.72. The Balaban J connectivity index is 1.88. The number of hydrogen-bond donors (Lipinski definition) is 1. The van der Waals surface area contributed by atoms with E-state index in [0.717, 1.165) is 22.6 Å². The Morgan fingerprint density at radius 2 is 1.70 bits per heavy atom. The van der Waals surface area contributed by atoms with Crippen LogP contribution in [0.15, 0.2) is 42.5 Å². The number of fused-ring (bicyclic) bond motifs is 1. The number of hydrogen-bond acceptors (Lipinski definition) is 4. The van der Waals surface area contributed by atoms with E-state index in [4.69, 9.17) is 14.2 Å². The van der Waals surface area contributed by atoms with Gasteiger partial charge in [0.15, 0.2) is 11.5 Å². The number of benzene rings is 2. The van der Waals surface area contributed by atoms with E-state index in [-0.39, 0.29) is 5.41 Å². The predicted molar refractivity (Wildman–Crippen MR) is 88.3 cm³/mol. The van der Waals surface area contributed by atoms with E-state index < -0.39 is 6.10 Å². The Kier molecular flexibility index (Phi) is 4.18. The molecule has 2 aromatic rings. The molecule has 0 aliphatic carbocycles. The minimum atomic E-state index is -0.740. The van der Waals surface area contributed by atoms with Gasteiger partial charge >= 0.3 is 0 Å². The monoisotopic (exact) mass is 314 g/mol. The van der Waals surface area contributed by atoms with Crippen molar-refractivity contribution in [1.29, 1.82) is 0 Å². The molecule has 1 atom stereocenters. The topological polar surface area (TPSA) is 47.9 Å². The molecule has 0 saturated heterocycles. The van der Waals surface area contributed by atoms with Gasteiger partial charge in [0.05, 0.1) is 20.3 Å². The maximum absolute atomic E-state index is 10.6. The van der Waals surface area contributed by atoms with Crippen LogP contribution in [0.1, 0.15) is 31.1 Å². The van der Waals surface area contributed by atoms with Crippen LogP contribution in [-0.4, -0.2) is 25.4 Å². The number of rotatable bonds is 3. The van der Waals surface area contributed by atoms with Gasteiger partial charge in [0.25, 0.3) is 0 Å². The molecule has 0 unspecified atom stereocenters. The lowest BCUT2D eigenvalue weighted by atomic mass is 9.97. The predicted octanol–water partition coefficient (Wildman–Crippen LogP) is 3.57. The number of ether oxygens (including phenoxy) is 3. The summed E-state index contributed by atoms with van der Waals surface area (Å²) in [6, 6.07) is 13.0. The minimum absolute atomic E-state index is 0.0371. The van der Waals surface area contributed by atoms with E-state index in [0.29, 0.717) is 19.0 Å². The molecule has 2 aromatic carbocycles. The van der Waals surface area contributed by atoms with Crippen molar-refractivity contribution < 1.29 is 19.3 Å². The molecule has 0 amide bonds. The Bertz CT molecular complexity index is 694. The normalized spacial score (nSPS) is 17.2. The van der Waals surface area contributed by atoms with E-state index >= 15 is 0 Å². The zero-order chi connectivity index (χ0) is 16.4. The maximum atomic E-state index is 10.6. The van der Waals surface area contributed by atoms with Gasteiger partial charge in [-0.2, -0.15) is 0 Å². The molecule has 0 spiro atoms. The van der Waals surface area contributed by atoms with Crippen molar-refractivity contribution in [2.75, 3.05) is 20.3 Å². The van der Waals surface area contributed by atoms with Crippen molar-refractivity contribution in [3.05, 3.63) is 53.6 Å². The fourth-order valence-corrected chi connectivity index (χ4v) is 2.52. The SMILES string of the molecule is COc1cccc([C@@H](O)c2ccc3c(c2)OCC(C)(C)CO3)c1. The zero-order valence-electron chi connectivity index (χ0n) is 13.7. The van der Waals surface area contributed by atoms with Gasteiger partial charge in [-0.1, -0.05) is 32.0 Å². The molecule has 1 aliphatic heterocycles. The molecule has 0 radical (unpaired) electrons. The summed E-state index contributed by atoms with van der Waals surface area (Å²) in [6.07, 6.45) is -0.740. The second-order valence-corrected chi connectivity index (χ2v) is 6.63. The molecule has 0 bridgehead atoms. The first kappa shape index (κ1) is 15.7. The van der Waals surface area contributed by atoms with E-state index in [1.54, 1.807) is 7.11 Å². The van der Waals surface area contributed by atoms with E-state index in [9.17, 15) is 5.11 Å². The molecular weight excluding hydrogens is 292 g/mol. The third-order valence-electron chi connectivity index (χ3n) is 3.93. The highest BCUT2D eigenvalue weighted by molar-refractivity contribution is 5.46. The van der Waals surface area contributed by atoms with Crippen molar-refractivity contribution in [1.82, 2.24) is 0 Å². The summed E-state index contributed by atoms with van der Waals surface area (Å²) in [7, 11) is 1.61. The quantitative estimate of drug-likeness (QED) is 0.941. The molecule has 23 heavy (non-hydrogen) atoms. The molecule has 3 rings (SSSR count). The maximum Gasteiger partial charge on any atom is 0.161 e. The van der Waals surface area contributed by atoms with Crippen LogP contribution in [0.2, 0.25) is 0 Å². The summed E-state index contributed by atoms with van der Waals surface area (Å²) in [4.78, 5) is 0. The Morgan fingerprint density at radius 3 is 2.43 bits per heavy atom.